The van der Waals surface area contributed by atoms with Crippen molar-refractivity contribution in [3.63, 3.8) is 0 Å². The van der Waals surface area contributed by atoms with Crippen molar-refractivity contribution in [3.05, 3.63) is 29.3 Å². The van der Waals surface area contributed by atoms with Crippen molar-refractivity contribution in [1.29, 1.82) is 5.26 Å². The Balaban J connectivity index is 0.00000648. The van der Waals surface area contributed by atoms with Gasteiger partial charge in [0.25, 0.3) is 0 Å². The number of nitrogen functional groups attached to an aromatic ring is 1. The van der Waals surface area contributed by atoms with Gasteiger partial charge in [-0.1, -0.05) is 7.43 Å². The highest BCUT2D eigenvalue weighted by molar-refractivity contribution is 7.98. The van der Waals surface area contributed by atoms with Crippen LogP contribution < -0.4 is 20.1 Å². The molecule has 0 amide bonds. The zero-order valence-corrected chi connectivity index (χ0v) is 20.8. The van der Waals surface area contributed by atoms with Crippen molar-refractivity contribution >= 4 is 29.3 Å². The quantitative estimate of drug-likeness (QED) is 0.341. The molecular formula is C23H31F3N6O3S. The van der Waals surface area contributed by atoms with Crippen LogP contribution in [0.1, 0.15) is 25.5 Å². The van der Waals surface area contributed by atoms with Crippen LogP contribution in [-0.4, -0.2) is 73.6 Å². The Morgan fingerprint density at radius 3 is 2.50 bits per heavy atom. The first kappa shape index (κ1) is 30.8. The van der Waals surface area contributed by atoms with Crippen LogP contribution in [0.4, 0.5) is 24.9 Å². The fourth-order valence-corrected chi connectivity index (χ4v) is 3.58. The predicted molar refractivity (Wildman–Crippen MR) is 133 cm³/mol. The number of nitrogens with zero attached hydrogens (tertiary/aromatic N) is 5. The maximum absolute atomic E-state index is 13.2. The molecule has 0 radical (unpaired) electrons. The molecule has 1 aromatic carbocycles. The SMILES string of the molecule is C.CSc1nc(N)nc(N(C)[C@@H](C)C(=O)Cc2cc(OC(F)(F)F)ccc2OCCN(C)C)c1C#N. The molecule has 0 saturated heterocycles. The van der Waals surface area contributed by atoms with Crippen LogP contribution in [0.2, 0.25) is 0 Å². The zero-order valence-electron chi connectivity index (χ0n) is 20.0. The van der Waals surface area contributed by atoms with Crippen LogP contribution in [0.25, 0.3) is 0 Å². The summed E-state index contributed by atoms with van der Waals surface area (Å²) in [6, 6.07) is 4.85. The molecular weight excluding hydrogens is 497 g/mol. The smallest absolute Gasteiger partial charge is 0.492 e. The third-order valence-corrected chi connectivity index (χ3v) is 5.67. The third kappa shape index (κ3) is 8.46. The second-order valence-corrected chi connectivity index (χ2v) is 8.60. The van der Waals surface area contributed by atoms with E-state index < -0.39 is 18.2 Å². The monoisotopic (exact) mass is 528 g/mol. The van der Waals surface area contributed by atoms with E-state index in [0.29, 0.717) is 11.6 Å². The van der Waals surface area contributed by atoms with E-state index in [1.54, 1.807) is 20.2 Å². The normalized spacial score (nSPS) is 11.9. The molecule has 36 heavy (non-hydrogen) atoms. The number of anilines is 2. The minimum absolute atomic E-state index is 0. The maximum atomic E-state index is 13.2. The van der Waals surface area contributed by atoms with Gasteiger partial charge in [-0.3, -0.25) is 4.79 Å². The largest absolute Gasteiger partial charge is 0.573 e. The Bertz CT molecular complexity index is 1090. The minimum atomic E-state index is -4.88. The molecule has 0 spiro atoms. The van der Waals surface area contributed by atoms with Gasteiger partial charge < -0.3 is 25.0 Å². The molecule has 0 aliphatic rings. The molecule has 1 atom stereocenters. The van der Waals surface area contributed by atoms with Gasteiger partial charge in [-0.2, -0.15) is 10.2 Å². The first-order chi connectivity index (χ1) is 16.4. The lowest BCUT2D eigenvalue weighted by Gasteiger charge is -2.26. The number of thioether (sulfide) groups is 1. The van der Waals surface area contributed by atoms with Crippen molar-refractivity contribution < 1.29 is 27.4 Å². The number of carbonyl (C=O) groups is 1. The second-order valence-electron chi connectivity index (χ2n) is 7.80. The zero-order chi connectivity index (χ0) is 26.3. The summed E-state index contributed by atoms with van der Waals surface area (Å²) in [6.45, 7) is 2.44. The molecule has 9 nitrogen and oxygen atoms in total. The Kier molecular flexibility index (Phi) is 11.3. The Morgan fingerprint density at radius 1 is 1.28 bits per heavy atom. The fraction of sp³-hybridized carbons (Fsp3) is 0.478. The lowest BCUT2D eigenvalue weighted by Crippen LogP contribution is -2.38. The number of aromatic nitrogens is 2. The number of alkyl halides is 3. The molecule has 0 bridgehead atoms. The van der Waals surface area contributed by atoms with Gasteiger partial charge >= 0.3 is 6.36 Å². The number of hydrogen-bond donors (Lipinski definition) is 1. The van der Waals surface area contributed by atoms with Crippen molar-refractivity contribution in [2.75, 3.05) is 51.2 Å². The van der Waals surface area contributed by atoms with Crippen LogP contribution in [0, 0.1) is 11.3 Å². The van der Waals surface area contributed by atoms with Crippen molar-refractivity contribution in [3.8, 4) is 17.6 Å². The highest BCUT2D eigenvalue weighted by Gasteiger charge is 2.32. The van der Waals surface area contributed by atoms with Gasteiger partial charge in [-0.15, -0.1) is 24.9 Å². The predicted octanol–water partition coefficient (Wildman–Crippen LogP) is 3.76. The van der Waals surface area contributed by atoms with E-state index >= 15 is 0 Å². The van der Waals surface area contributed by atoms with Gasteiger partial charge in [0.1, 0.15) is 34.8 Å². The van der Waals surface area contributed by atoms with Gasteiger partial charge in [-0.05, 0) is 45.5 Å². The van der Waals surface area contributed by atoms with E-state index in [-0.39, 0.29) is 54.9 Å². The molecule has 1 aromatic heterocycles. The molecule has 0 aliphatic heterocycles. The number of nitrogens with two attached hydrogens (primary N) is 1. The van der Waals surface area contributed by atoms with Crippen LogP contribution in [0.15, 0.2) is 23.2 Å². The summed E-state index contributed by atoms with van der Waals surface area (Å²) >= 11 is 1.22. The average molecular weight is 529 g/mol. The molecule has 1 heterocycles. The number of ketones is 1. The molecule has 2 rings (SSSR count). The minimum Gasteiger partial charge on any atom is -0.492 e. The highest BCUT2D eigenvalue weighted by Crippen LogP contribution is 2.31. The van der Waals surface area contributed by atoms with Crippen molar-refractivity contribution in [2.24, 2.45) is 0 Å². The summed E-state index contributed by atoms with van der Waals surface area (Å²) in [6.07, 6.45) is -3.39. The number of nitriles is 1. The van der Waals surface area contributed by atoms with Gasteiger partial charge in [0, 0.05) is 25.6 Å². The number of carbonyl (C=O) groups excluding carboxylic acids is 1. The lowest BCUT2D eigenvalue weighted by molar-refractivity contribution is -0.274. The highest BCUT2D eigenvalue weighted by atomic mass is 32.2. The molecule has 0 fully saturated rings. The van der Waals surface area contributed by atoms with Gasteiger partial charge in [0.2, 0.25) is 5.95 Å². The van der Waals surface area contributed by atoms with Crippen molar-refractivity contribution in [2.45, 2.75) is 38.2 Å². The summed E-state index contributed by atoms with van der Waals surface area (Å²) in [5, 5.41) is 9.96. The first-order valence-electron chi connectivity index (χ1n) is 10.4. The number of rotatable bonds is 11. The molecule has 2 aromatic rings. The molecule has 2 N–H and O–H groups in total. The number of hydrogen-bond acceptors (Lipinski definition) is 10. The van der Waals surface area contributed by atoms with E-state index in [1.807, 2.05) is 25.1 Å². The molecule has 198 valence electrons. The van der Waals surface area contributed by atoms with Crippen LogP contribution in [0.3, 0.4) is 0 Å². The molecule has 0 saturated carbocycles. The third-order valence-electron chi connectivity index (χ3n) is 4.99. The van der Waals surface area contributed by atoms with Gasteiger partial charge in [-0.25, -0.2) is 4.98 Å². The van der Waals surface area contributed by atoms with E-state index in [1.165, 1.54) is 22.7 Å². The number of halogens is 3. The number of likely N-dealkylation sites (N-methyl/N-ethyl adjacent to an activating group) is 2. The number of benzene rings is 1. The van der Waals surface area contributed by atoms with Gasteiger partial charge in [0.05, 0.1) is 6.04 Å². The van der Waals surface area contributed by atoms with Crippen LogP contribution >= 0.6 is 11.8 Å². The average Bonchev–Trinajstić information content (AvgIpc) is 2.77. The van der Waals surface area contributed by atoms with E-state index in [0.717, 1.165) is 12.1 Å². The van der Waals surface area contributed by atoms with Gasteiger partial charge in [0.15, 0.2) is 11.6 Å². The number of Topliss-reactive ketones (excluding diaryl/α,β-unsaturated/α-hetero) is 1. The Morgan fingerprint density at radius 2 is 1.94 bits per heavy atom. The van der Waals surface area contributed by atoms with Crippen molar-refractivity contribution in [1.82, 2.24) is 14.9 Å². The Hall–Kier alpha value is -3.24. The second kappa shape index (κ2) is 13.2. The summed E-state index contributed by atoms with van der Waals surface area (Å²) < 4.78 is 47.9. The first-order valence-corrected chi connectivity index (χ1v) is 11.6. The number of ether oxygens (including phenoxy) is 2. The van der Waals surface area contributed by atoms with Crippen LogP contribution in [0.5, 0.6) is 11.5 Å². The standard InChI is InChI=1S/C22H27F3N6O3S.CH4/c1-13(31(4)19-16(12-26)20(35-5)29-21(27)28-19)17(32)11-14-10-15(34-22(23,24)25)6-7-18(14)33-9-8-30(2)3;/h6-7,10,13H,8-9,11H2,1-5H3,(H2,27,28,29);1H4/t13-;/m0./s1. The maximum Gasteiger partial charge on any atom is 0.573 e. The molecule has 0 aliphatic carbocycles. The molecule has 13 heteroatoms. The summed E-state index contributed by atoms with van der Waals surface area (Å²) in [5.74, 6) is -0.398. The topological polar surface area (TPSA) is 118 Å². The lowest BCUT2D eigenvalue weighted by atomic mass is 10.0. The summed E-state index contributed by atoms with van der Waals surface area (Å²) in [4.78, 5) is 24.7. The molecule has 0 unspecified atom stereocenters. The van der Waals surface area contributed by atoms with Crippen LogP contribution in [-0.2, 0) is 11.2 Å². The summed E-state index contributed by atoms with van der Waals surface area (Å²) in [5.41, 5.74) is 6.18. The van der Waals surface area contributed by atoms with E-state index in [4.69, 9.17) is 10.5 Å². The van der Waals surface area contributed by atoms with E-state index in [2.05, 4.69) is 14.7 Å². The summed E-state index contributed by atoms with van der Waals surface area (Å²) in [7, 11) is 5.28. The Labute approximate surface area is 213 Å². The van der Waals surface area contributed by atoms with E-state index in [9.17, 15) is 23.2 Å². The fourth-order valence-electron chi connectivity index (χ4n) is 3.05.